The van der Waals surface area contributed by atoms with Crippen molar-refractivity contribution in [2.24, 2.45) is 0 Å². The molecule has 0 radical (unpaired) electrons. The van der Waals surface area contributed by atoms with Gasteiger partial charge in [-0.3, -0.25) is 4.79 Å². The molecule has 1 atom stereocenters. The van der Waals surface area contributed by atoms with Gasteiger partial charge in [0.25, 0.3) is 0 Å². The molecule has 0 heterocycles. The van der Waals surface area contributed by atoms with Crippen molar-refractivity contribution < 1.29 is 4.79 Å². The molecule has 0 aromatic heterocycles. The van der Waals surface area contributed by atoms with Crippen LogP contribution in [-0.4, -0.2) is 11.9 Å². The van der Waals surface area contributed by atoms with E-state index in [0.29, 0.717) is 6.42 Å². The van der Waals surface area contributed by atoms with Crippen molar-refractivity contribution in [3.63, 3.8) is 0 Å². The Bertz CT molecular complexity index is 392. The van der Waals surface area contributed by atoms with Crippen LogP contribution in [0.2, 0.25) is 0 Å². The second-order valence-electron chi connectivity index (χ2n) is 3.67. The molecule has 0 bridgehead atoms. The summed E-state index contributed by atoms with van der Waals surface area (Å²) >= 11 is 0. The smallest absolute Gasteiger partial charge is 0.221 e. The van der Waals surface area contributed by atoms with Crippen LogP contribution in [0.15, 0.2) is 24.3 Å². The van der Waals surface area contributed by atoms with E-state index in [1.807, 2.05) is 31.2 Å². The minimum atomic E-state index is -0.0847. The van der Waals surface area contributed by atoms with Crippen molar-refractivity contribution in [1.29, 1.82) is 5.26 Å². The maximum absolute atomic E-state index is 10.8. The molecule has 4 heteroatoms. The lowest BCUT2D eigenvalue weighted by atomic mass is 10.2. The van der Waals surface area contributed by atoms with Gasteiger partial charge < -0.3 is 10.6 Å². The van der Waals surface area contributed by atoms with Crippen LogP contribution in [0, 0.1) is 11.3 Å². The fraction of sp³-hybridized carbons (Fsp3) is 0.333. The van der Waals surface area contributed by atoms with Crippen molar-refractivity contribution >= 4 is 17.3 Å². The van der Waals surface area contributed by atoms with E-state index in [9.17, 15) is 4.79 Å². The van der Waals surface area contributed by atoms with E-state index in [0.717, 1.165) is 11.4 Å². The predicted molar refractivity (Wildman–Crippen MR) is 64.1 cm³/mol. The van der Waals surface area contributed by atoms with Gasteiger partial charge in [-0.25, -0.2) is 0 Å². The Morgan fingerprint density at radius 3 is 2.44 bits per heavy atom. The number of hydrogen-bond acceptors (Lipinski definition) is 3. The van der Waals surface area contributed by atoms with Gasteiger partial charge in [0.2, 0.25) is 5.91 Å². The van der Waals surface area contributed by atoms with Crippen LogP contribution >= 0.6 is 0 Å². The summed E-state index contributed by atoms with van der Waals surface area (Å²) in [7, 11) is 0. The molecule has 1 aromatic rings. The van der Waals surface area contributed by atoms with Gasteiger partial charge in [-0.15, -0.1) is 0 Å². The van der Waals surface area contributed by atoms with Crippen LogP contribution in [0.1, 0.15) is 20.3 Å². The molecule has 1 amide bonds. The second kappa shape index (κ2) is 5.76. The van der Waals surface area contributed by atoms with Gasteiger partial charge >= 0.3 is 0 Å². The van der Waals surface area contributed by atoms with E-state index in [-0.39, 0.29) is 11.9 Å². The summed E-state index contributed by atoms with van der Waals surface area (Å²) in [6, 6.07) is 9.62. The molecule has 2 N–H and O–H groups in total. The summed E-state index contributed by atoms with van der Waals surface area (Å²) in [4.78, 5) is 10.8. The van der Waals surface area contributed by atoms with Gasteiger partial charge in [0.1, 0.15) is 0 Å². The highest BCUT2D eigenvalue weighted by atomic mass is 16.1. The number of nitriles is 1. The summed E-state index contributed by atoms with van der Waals surface area (Å²) in [5, 5.41) is 14.4. The quantitative estimate of drug-likeness (QED) is 0.813. The van der Waals surface area contributed by atoms with Crippen LogP contribution < -0.4 is 10.6 Å². The van der Waals surface area contributed by atoms with E-state index in [1.165, 1.54) is 6.92 Å². The van der Waals surface area contributed by atoms with Gasteiger partial charge in [-0.1, -0.05) is 0 Å². The Kier molecular flexibility index (Phi) is 4.34. The van der Waals surface area contributed by atoms with Crippen molar-refractivity contribution in [2.45, 2.75) is 26.3 Å². The highest BCUT2D eigenvalue weighted by molar-refractivity contribution is 5.88. The lowest BCUT2D eigenvalue weighted by molar-refractivity contribution is -0.114. The zero-order chi connectivity index (χ0) is 12.0. The first-order valence-corrected chi connectivity index (χ1v) is 5.13. The number of rotatable bonds is 4. The SMILES string of the molecule is CC(=O)Nc1ccc(NC(C)CC#N)cc1. The van der Waals surface area contributed by atoms with E-state index in [2.05, 4.69) is 16.7 Å². The summed E-state index contributed by atoms with van der Waals surface area (Å²) in [6.45, 7) is 3.42. The summed E-state index contributed by atoms with van der Waals surface area (Å²) < 4.78 is 0. The fourth-order valence-corrected chi connectivity index (χ4v) is 1.33. The number of nitrogens with zero attached hydrogens (tertiary/aromatic N) is 1. The van der Waals surface area contributed by atoms with Crippen LogP contribution in [0.3, 0.4) is 0 Å². The molecule has 1 rings (SSSR count). The largest absolute Gasteiger partial charge is 0.382 e. The number of benzene rings is 1. The molecule has 0 saturated heterocycles. The van der Waals surface area contributed by atoms with Crippen LogP contribution in [0.5, 0.6) is 0 Å². The molecular formula is C12H15N3O. The minimum Gasteiger partial charge on any atom is -0.382 e. The first-order chi connectivity index (χ1) is 7.61. The van der Waals surface area contributed by atoms with E-state index in [4.69, 9.17) is 5.26 Å². The highest BCUT2D eigenvalue weighted by Gasteiger charge is 2.01. The molecule has 0 aliphatic rings. The lowest BCUT2D eigenvalue weighted by Crippen LogP contribution is -2.14. The molecule has 0 spiro atoms. The maximum atomic E-state index is 10.8. The molecule has 84 valence electrons. The zero-order valence-corrected chi connectivity index (χ0v) is 9.45. The minimum absolute atomic E-state index is 0.0847. The van der Waals surface area contributed by atoms with Crippen molar-refractivity contribution in [2.75, 3.05) is 10.6 Å². The average molecular weight is 217 g/mol. The number of amides is 1. The molecule has 1 unspecified atom stereocenters. The number of carbonyl (C=O) groups excluding carboxylic acids is 1. The highest BCUT2D eigenvalue weighted by Crippen LogP contribution is 2.14. The van der Waals surface area contributed by atoms with Crippen molar-refractivity contribution in [1.82, 2.24) is 0 Å². The standard InChI is InChI=1S/C12H15N3O/c1-9(7-8-13)14-11-3-5-12(6-4-11)15-10(2)16/h3-6,9,14H,7H2,1-2H3,(H,15,16). The van der Waals surface area contributed by atoms with Crippen LogP contribution in [-0.2, 0) is 4.79 Å². The first kappa shape index (κ1) is 12.1. The van der Waals surface area contributed by atoms with Crippen LogP contribution in [0.25, 0.3) is 0 Å². The topological polar surface area (TPSA) is 64.9 Å². The Balaban J connectivity index is 2.58. The molecule has 0 aliphatic heterocycles. The summed E-state index contributed by atoms with van der Waals surface area (Å²) in [6.07, 6.45) is 0.466. The average Bonchev–Trinajstić information content (AvgIpc) is 2.20. The second-order valence-corrected chi connectivity index (χ2v) is 3.67. The number of anilines is 2. The molecule has 0 saturated carbocycles. The van der Waals surface area contributed by atoms with Gasteiger partial charge in [-0.05, 0) is 31.2 Å². The first-order valence-electron chi connectivity index (χ1n) is 5.13. The summed E-state index contributed by atoms with van der Waals surface area (Å²) in [5.74, 6) is -0.0847. The molecule has 1 aromatic carbocycles. The monoisotopic (exact) mass is 217 g/mol. The lowest BCUT2D eigenvalue weighted by Gasteiger charge is -2.12. The Hall–Kier alpha value is -2.02. The third kappa shape index (κ3) is 4.01. The van der Waals surface area contributed by atoms with Crippen molar-refractivity contribution in [3.8, 4) is 6.07 Å². The normalized spacial score (nSPS) is 11.3. The van der Waals surface area contributed by atoms with Crippen LogP contribution in [0.4, 0.5) is 11.4 Å². The third-order valence-corrected chi connectivity index (χ3v) is 2.02. The van der Waals surface area contributed by atoms with E-state index < -0.39 is 0 Å². The Morgan fingerprint density at radius 1 is 1.38 bits per heavy atom. The molecule has 16 heavy (non-hydrogen) atoms. The maximum Gasteiger partial charge on any atom is 0.221 e. The zero-order valence-electron chi connectivity index (χ0n) is 9.45. The van der Waals surface area contributed by atoms with Gasteiger partial charge in [0, 0.05) is 24.3 Å². The molecule has 0 fully saturated rings. The Labute approximate surface area is 95.3 Å². The predicted octanol–water partition coefficient (Wildman–Crippen LogP) is 2.36. The number of carbonyl (C=O) groups is 1. The molecule has 4 nitrogen and oxygen atoms in total. The summed E-state index contributed by atoms with van der Waals surface area (Å²) in [5.41, 5.74) is 1.71. The molecule has 0 aliphatic carbocycles. The molecular weight excluding hydrogens is 202 g/mol. The number of nitrogens with one attached hydrogen (secondary N) is 2. The van der Waals surface area contributed by atoms with Gasteiger partial charge in [0.15, 0.2) is 0 Å². The van der Waals surface area contributed by atoms with Crippen molar-refractivity contribution in [3.05, 3.63) is 24.3 Å². The third-order valence-electron chi connectivity index (χ3n) is 2.02. The van der Waals surface area contributed by atoms with E-state index in [1.54, 1.807) is 0 Å². The Morgan fingerprint density at radius 2 is 1.94 bits per heavy atom. The van der Waals surface area contributed by atoms with E-state index >= 15 is 0 Å². The fourth-order valence-electron chi connectivity index (χ4n) is 1.33. The number of hydrogen-bond donors (Lipinski definition) is 2. The van der Waals surface area contributed by atoms with Gasteiger partial charge in [-0.2, -0.15) is 5.26 Å². The van der Waals surface area contributed by atoms with Gasteiger partial charge in [0.05, 0.1) is 12.5 Å².